The van der Waals surface area contributed by atoms with Crippen LogP contribution in [0.4, 0.5) is 0 Å². The number of nitrogens with two attached hydrogens (primary N) is 1. The van der Waals surface area contributed by atoms with Crippen LogP contribution in [0.3, 0.4) is 0 Å². The molecular weight excluding hydrogens is 204 g/mol. The number of aliphatic carboxylic acids is 1. The van der Waals surface area contributed by atoms with Gasteiger partial charge in [0.2, 0.25) is 0 Å². The smallest absolute Gasteiger partial charge is 0.320 e. The third kappa shape index (κ3) is 3.70. The van der Waals surface area contributed by atoms with Crippen molar-refractivity contribution in [1.82, 2.24) is 4.98 Å². The quantitative estimate of drug-likeness (QED) is 0.644. The molecule has 0 radical (unpaired) electrons. The van der Waals surface area contributed by atoms with Gasteiger partial charge in [0.25, 0.3) is 0 Å². The summed E-state index contributed by atoms with van der Waals surface area (Å²) in [6.45, 7) is 4.10. The number of aromatic nitrogens is 1. The van der Waals surface area contributed by atoms with Gasteiger partial charge in [-0.1, -0.05) is 6.42 Å². The van der Waals surface area contributed by atoms with Gasteiger partial charge in [-0.05, 0) is 44.7 Å². The van der Waals surface area contributed by atoms with Crippen molar-refractivity contribution in [1.29, 1.82) is 0 Å². The van der Waals surface area contributed by atoms with E-state index in [9.17, 15) is 4.79 Å². The summed E-state index contributed by atoms with van der Waals surface area (Å²) in [5.74, 6) is -0.909. The van der Waals surface area contributed by atoms with Gasteiger partial charge in [0.1, 0.15) is 6.04 Å². The van der Waals surface area contributed by atoms with Crippen LogP contribution in [-0.4, -0.2) is 22.1 Å². The van der Waals surface area contributed by atoms with Crippen LogP contribution < -0.4 is 5.73 Å². The molecule has 0 aliphatic carbocycles. The largest absolute Gasteiger partial charge is 0.480 e. The topological polar surface area (TPSA) is 79.1 Å². The predicted octanol–water partition coefficient (Wildman–Crippen LogP) is 1.76. The number of aromatic amines is 1. The summed E-state index contributed by atoms with van der Waals surface area (Å²) in [6.07, 6.45) is 3.39. The number of aryl methyl sites for hydroxylation is 3. The summed E-state index contributed by atoms with van der Waals surface area (Å²) in [4.78, 5) is 13.7. The van der Waals surface area contributed by atoms with E-state index in [1.54, 1.807) is 0 Å². The minimum atomic E-state index is -0.909. The number of unbranched alkanes of at least 4 members (excludes halogenated alkanes) is 1. The van der Waals surface area contributed by atoms with E-state index < -0.39 is 12.0 Å². The van der Waals surface area contributed by atoms with E-state index in [4.69, 9.17) is 10.8 Å². The molecule has 0 aliphatic heterocycles. The second-order valence-corrected chi connectivity index (χ2v) is 4.29. The normalized spacial score (nSPS) is 12.7. The zero-order chi connectivity index (χ0) is 12.1. The monoisotopic (exact) mass is 224 g/mol. The van der Waals surface area contributed by atoms with E-state index in [0.29, 0.717) is 6.42 Å². The minimum absolute atomic E-state index is 0.553. The molecule has 0 bridgehead atoms. The summed E-state index contributed by atoms with van der Waals surface area (Å²) < 4.78 is 0. The molecule has 0 fully saturated rings. The fourth-order valence-electron chi connectivity index (χ4n) is 1.84. The number of rotatable bonds is 6. The number of hydrogen-bond acceptors (Lipinski definition) is 2. The Morgan fingerprint density at radius 1 is 1.50 bits per heavy atom. The summed E-state index contributed by atoms with van der Waals surface area (Å²) in [7, 11) is 0. The third-order valence-corrected chi connectivity index (χ3v) is 2.79. The van der Waals surface area contributed by atoms with Crippen LogP contribution in [0.15, 0.2) is 6.07 Å². The van der Waals surface area contributed by atoms with Crippen LogP contribution in [0.2, 0.25) is 0 Å². The molecule has 0 aliphatic rings. The second kappa shape index (κ2) is 5.70. The molecule has 1 rings (SSSR count). The van der Waals surface area contributed by atoms with Crippen LogP contribution in [0.5, 0.6) is 0 Å². The maximum Gasteiger partial charge on any atom is 0.320 e. The summed E-state index contributed by atoms with van der Waals surface area (Å²) >= 11 is 0. The maximum atomic E-state index is 10.5. The Hall–Kier alpha value is -1.29. The SMILES string of the molecule is Cc1cc(CCCCC(N)C(=O)O)c(C)[nH]1. The molecule has 0 aromatic carbocycles. The van der Waals surface area contributed by atoms with Gasteiger partial charge in [-0.15, -0.1) is 0 Å². The van der Waals surface area contributed by atoms with Crippen molar-refractivity contribution in [3.05, 3.63) is 23.0 Å². The first-order valence-electron chi connectivity index (χ1n) is 5.64. The highest BCUT2D eigenvalue weighted by Gasteiger charge is 2.10. The average molecular weight is 224 g/mol. The zero-order valence-electron chi connectivity index (χ0n) is 9.92. The van der Waals surface area contributed by atoms with Gasteiger partial charge < -0.3 is 15.8 Å². The molecule has 4 N–H and O–H groups in total. The molecule has 0 saturated heterocycles. The van der Waals surface area contributed by atoms with Crippen molar-refractivity contribution >= 4 is 5.97 Å². The fraction of sp³-hybridized carbons (Fsp3) is 0.583. The minimum Gasteiger partial charge on any atom is -0.480 e. The van der Waals surface area contributed by atoms with E-state index in [0.717, 1.165) is 19.3 Å². The van der Waals surface area contributed by atoms with Gasteiger partial charge in [0.15, 0.2) is 0 Å². The van der Waals surface area contributed by atoms with E-state index in [-0.39, 0.29) is 0 Å². The van der Waals surface area contributed by atoms with Gasteiger partial charge in [0, 0.05) is 11.4 Å². The van der Waals surface area contributed by atoms with E-state index in [2.05, 4.69) is 18.0 Å². The van der Waals surface area contributed by atoms with Crippen LogP contribution in [0, 0.1) is 13.8 Å². The molecule has 4 nitrogen and oxygen atoms in total. The van der Waals surface area contributed by atoms with Crippen LogP contribution >= 0.6 is 0 Å². The molecule has 1 atom stereocenters. The molecule has 1 aromatic heterocycles. The first-order valence-corrected chi connectivity index (χ1v) is 5.64. The Kier molecular flexibility index (Phi) is 4.55. The number of carbonyl (C=O) groups is 1. The molecular formula is C12H20N2O2. The van der Waals surface area contributed by atoms with Gasteiger partial charge in [-0.2, -0.15) is 0 Å². The highest BCUT2D eigenvalue weighted by molar-refractivity contribution is 5.72. The number of hydrogen-bond donors (Lipinski definition) is 3. The molecule has 16 heavy (non-hydrogen) atoms. The Labute approximate surface area is 95.9 Å². The van der Waals surface area contributed by atoms with Crippen molar-refractivity contribution in [3.8, 4) is 0 Å². The van der Waals surface area contributed by atoms with E-state index in [1.165, 1.54) is 17.0 Å². The summed E-state index contributed by atoms with van der Waals surface area (Å²) in [6, 6.07) is 1.43. The Balaban J connectivity index is 2.26. The van der Waals surface area contributed by atoms with Gasteiger partial charge in [-0.3, -0.25) is 4.79 Å². The summed E-state index contributed by atoms with van der Waals surface area (Å²) in [5.41, 5.74) is 9.13. The predicted molar refractivity (Wildman–Crippen MR) is 63.4 cm³/mol. The molecule has 4 heteroatoms. The lowest BCUT2D eigenvalue weighted by Gasteiger charge is -2.05. The first kappa shape index (κ1) is 12.8. The first-order chi connectivity index (χ1) is 7.50. The van der Waals surface area contributed by atoms with Gasteiger partial charge in [-0.25, -0.2) is 0 Å². The number of carboxylic acid groups (broad SMARTS) is 1. The van der Waals surface area contributed by atoms with Crippen molar-refractivity contribution in [2.75, 3.05) is 0 Å². The van der Waals surface area contributed by atoms with Crippen molar-refractivity contribution in [2.45, 2.75) is 45.6 Å². The fourth-order valence-corrected chi connectivity index (χ4v) is 1.84. The molecule has 0 amide bonds. The van der Waals surface area contributed by atoms with Crippen molar-refractivity contribution in [3.63, 3.8) is 0 Å². The molecule has 0 spiro atoms. The Morgan fingerprint density at radius 3 is 2.69 bits per heavy atom. The molecule has 1 heterocycles. The standard InChI is InChI=1S/C12H20N2O2/c1-8-7-10(9(2)14-8)5-3-4-6-11(13)12(15)16/h7,11,14H,3-6,13H2,1-2H3,(H,15,16). The van der Waals surface area contributed by atoms with Gasteiger partial charge in [0.05, 0.1) is 0 Å². The lowest BCUT2D eigenvalue weighted by Crippen LogP contribution is -2.29. The molecule has 1 aromatic rings. The maximum absolute atomic E-state index is 10.5. The average Bonchev–Trinajstić information content (AvgIpc) is 2.51. The highest BCUT2D eigenvalue weighted by atomic mass is 16.4. The van der Waals surface area contributed by atoms with Crippen molar-refractivity contribution < 1.29 is 9.90 Å². The number of H-pyrrole nitrogens is 1. The van der Waals surface area contributed by atoms with Crippen molar-refractivity contribution in [2.24, 2.45) is 5.73 Å². The Morgan fingerprint density at radius 2 is 2.19 bits per heavy atom. The number of carboxylic acids is 1. The highest BCUT2D eigenvalue weighted by Crippen LogP contribution is 2.13. The van der Waals surface area contributed by atoms with E-state index >= 15 is 0 Å². The zero-order valence-corrected chi connectivity index (χ0v) is 9.92. The van der Waals surface area contributed by atoms with Gasteiger partial charge >= 0.3 is 5.97 Å². The third-order valence-electron chi connectivity index (χ3n) is 2.79. The molecule has 0 saturated carbocycles. The van der Waals surface area contributed by atoms with E-state index in [1.807, 2.05) is 6.92 Å². The van der Waals surface area contributed by atoms with Crippen LogP contribution in [0.25, 0.3) is 0 Å². The summed E-state index contributed by atoms with van der Waals surface area (Å²) in [5, 5.41) is 8.62. The lowest BCUT2D eigenvalue weighted by molar-refractivity contribution is -0.138. The Bertz CT molecular complexity index is 358. The lowest BCUT2D eigenvalue weighted by atomic mass is 10.0. The molecule has 1 unspecified atom stereocenters. The molecule has 90 valence electrons. The number of nitrogens with one attached hydrogen (secondary N) is 1. The second-order valence-electron chi connectivity index (χ2n) is 4.29. The van der Waals surface area contributed by atoms with Crippen LogP contribution in [0.1, 0.15) is 36.2 Å². The van der Waals surface area contributed by atoms with Crippen LogP contribution in [-0.2, 0) is 11.2 Å².